The zero-order valence-electron chi connectivity index (χ0n) is 16.2. The van der Waals surface area contributed by atoms with Gasteiger partial charge in [-0.05, 0) is 72.1 Å². The van der Waals surface area contributed by atoms with Gasteiger partial charge in [-0.25, -0.2) is 4.79 Å². The molecule has 2 aromatic carbocycles. The van der Waals surface area contributed by atoms with Crippen LogP contribution in [0, 0.1) is 0 Å². The van der Waals surface area contributed by atoms with E-state index < -0.39 is 5.97 Å². The minimum Gasteiger partial charge on any atom is -0.492 e. The van der Waals surface area contributed by atoms with E-state index in [0.29, 0.717) is 6.61 Å². The maximum Gasteiger partial charge on any atom is 0.328 e. The fourth-order valence-electron chi connectivity index (χ4n) is 4.57. The Kier molecular flexibility index (Phi) is 4.14. The number of carboxylic acid groups (broad SMARTS) is 1. The molecule has 0 fully saturated rings. The molecule has 0 aromatic heterocycles. The van der Waals surface area contributed by atoms with Gasteiger partial charge in [-0.3, -0.25) is 0 Å². The molecule has 0 radical (unpaired) electrons. The third kappa shape index (κ3) is 3.05. The van der Waals surface area contributed by atoms with E-state index in [1.807, 2.05) is 12.1 Å². The maximum absolute atomic E-state index is 10.8. The first kappa shape index (κ1) is 17.8. The molecular formula is C24H26O3. The molecule has 3 nitrogen and oxygen atoms in total. The van der Waals surface area contributed by atoms with Gasteiger partial charge in [0.25, 0.3) is 0 Å². The third-order valence-corrected chi connectivity index (χ3v) is 6.25. The fourth-order valence-corrected chi connectivity index (χ4v) is 4.57. The first-order chi connectivity index (χ1) is 12.8. The van der Waals surface area contributed by atoms with Gasteiger partial charge in [0, 0.05) is 11.6 Å². The molecular weight excluding hydrogens is 336 g/mol. The summed E-state index contributed by atoms with van der Waals surface area (Å²) in [7, 11) is 0. The van der Waals surface area contributed by atoms with Crippen molar-refractivity contribution in [2.75, 3.05) is 6.61 Å². The van der Waals surface area contributed by atoms with E-state index >= 15 is 0 Å². The number of benzene rings is 2. The van der Waals surface area contributed by atoms with E-state index in [2.05, 4.69) is 45.0 Å². The molecule has 2 aromatic rings. The van der Waals surface area contributed by atoms with Gasteiger partial charge in [0.1, 0.15) is 12.4 Å². The molecule has 3 heteroatoms. The van der Waals surface area contributed by atoms with Gasteiger partial charge < -0.3 is 9.84 Å². The van der Waals surface area contributed by atoms with Crippen molar-refractivity contribution in [3.63, 3.8) is 0 Å². The third-order valence-electron chi connectivity index (χ3n) is 6.25. The number of hydrogen-bond donors (Lipinski definition) is 1. The van der Waals surface area contributed by atoms with E-state index in [1.165, 1.54) is 35.6 Å². The van der Waals surface area contributed by atoms with Crippen molar-refractivity contribution in [1.82, 2.24) is 0 Å². The second-order valence-corrected chi connectivity index (χ2v) is 8.66. The molecule has 1 heterocycles. The summed E-state index contributed by atoms with van der Waals surface area (Å²) < 4.78 is 5.99. The van der Waals surface area contributed by atoms with Crippen molar-refractivity contribution in [2.45, 2.75) is 50.9 Å². The lowest BCUT2D eigenvalue weighted by atomic mass is 9.70. The van der Waals surface area contributed by atoms with Crippen LogP contribution >= 0.6 is 0 Å². The second kappa shape index (κ2) is 6.26. The highest BCUT2D eigenvalue weighted by molar-refractivity contribution is 5.85. The predicted molar refractivity (Wildman–Crippen MR) is 107 cm³/mol. The number of aryl methyl sites for hydroxylation is 1. The van der Waals surface area contributed by atoms with Gasteiger partial charge in [0.2, 0.25) is 0 Å². The normalized spacial score (nSPS) is 22.9. The average molecular weight is 362 g/mol. The molecule has 0 saturated carbocycles. The van der Waals surface area contributed by atoms with Gasteiger partial charge in [-0.2, -0.15) is 0 Å². The number of hydrogen-bond acceptors (Lipinski definition) is 2. The van der Waals surface area contributed by atoms with Crippen LogP contribution in [0.2, 0.25) is 0 Å². The van der Waals surface area contributed by atoms with Crippen LogP contribution in [0.15, 0.2) is 42.5 Å². The fraction of sp³-hybridized carbons (Fsp3) is 0.375. The Morgan fingerprint density at radius 1 is 1.11 bits per heavy atom. The molecule has 0 saturated heterocycles. The van der Waals surface area contributed by atoms with Crippen LogP contribution in [-0.4, -0.2) is 17.7 Å². The van der Waals surface area contributed by atoms with E-state index in [9.17, 15) is 4.79 Å². The summed E-state index contributed by atoms with van der Waals surface area (Å²) in [4.78, 5) is 10.8. The SMILES string of the molecule is CC1(C)CCCc2cc(C3(C)COc4ccc(C=CC(=O)O)cc43)ccc21. The van der Waals surface area contributed by atoms with Crippen LogP contribution in [0.1, 0.15) is 61.4 Å². The van der Waals surface area contributed by atoms with Crippen molar-refractivity contribution >= 4 is 12.0 Å². The highest BCUT2D eigenvalue weighted by Gasteiger charge is 2.39. The lowest BCUT2D eigenvalue weighted by Gasteiger charge is -2.34. The van der Waals surface area contributed by atoms with E-state index in [4.69, 9.17) is 9.84 Å². The smallest absolute Gasteiger partial charge is 0.328 e. The zero-order valence-corrected chi connectivity index (χ0v) is 16.2. The standard InChI is InChI=1S/C24H26O3/c1-23(2)12-4-5-17-14-18(8-9-19(17)23)24(3)15-27-21-10-6-16(13-20(21)24)7-11-22(25)26/h6-11,13-14H,4-5,12,15H2,1-3H3,(H,25,26). The molecule has 1 unspecified atom stereocenters. The number of fused-ring (bicyclic) bond motifs is 2. The van der Waals surface area contributed by atoms with Gasteiger partial charge in [-0.15, -0.1) is 0 Å². The van der Waals surface area contributed by atoms with E-state index in [1.54, 1.807) is 6.08 Å². The quantitative estimate of drug-likeness (QED) is 0.773. The first-order valence-corrected chi connectivity index (χ1v) is 9.62. The van der Waals surface area contributed by atoms with Crippen molar-refractivity contribution in [3.8, 4) is 5.75 Å². The van der Waals surface area contributed by atoms with Gasteiger partial charge in [-0.1, -0.05) is 38.1 Å². The highest BCUT2D eigenvalue weighted by Crippen LogP contribution is 2.46. The molecule has 0 bridgehead atoms. The van der Waals surface area contributed by atoms with Crippen LogP contribution in [0.25, 0.3) is 6.08 Å². The second-order valence-electron chi connectivity index (χ2n) is 8.66. The van der Waals surface area contributed by atoms with Crippen molar-refractivity contribution in [3.05, 3.63) is 70.3 Å². The van der Waals surface area contributed by atoms with Crippen LogP contribution in [0.4, 0.5) is 0 Å². The van der Waals surface area contributed by atoms with Crippen LogP contribution in [0.5, 0.6) is 5.75 Å². The average Bonchev–Trinajstić information content (AvgIpc) is 2.97. The zero-order chi connectivity index (χ0) is 19.2. The number of rotatable bonds is 3. The number of ether oxygens (including phenoxy) is 1. The largest absolute Gasteiger partial charge is 0.492 e. The first-order valence-electron chi connectivity index (χ1n) is 9.62. The summed E-state index contributed by atoms with van der Waals surface area (Å²) in [5, 5.41) is 8.89. The molecule has 0 amide bonds. The minimum atomic E-state index is -0.938. The number of carboxylic acids is 1. The van der Waals surface area contributed by atoms with Crippen molar-refractivity contribution < 1.29 is 14.6 Å². The molecule has 1 N–H and O–H groups in total. The molecule has 1 aliphatic carbocycles. The lowest BCUT2D eigenvalue weighted by molar-refractivity contribution is -0.131. The minimum absolute atomic E-state index is 0.223. The molecule has 1 atom stereocenters. The monoisotopic (exact) mass is 362 g/mol. The number of aliphatic carboxylic acids is 1. The summed E-state index contributed by atoms with van der Waals surface area (Å²) in [5.41, 5.74) is 6.23. The summed E-state index contributed by atoms with van der Waals surface area (Å²) in [6, 6.07) is 12.8. The summed E-state index contributed by atoms with van der Waals surface area (Å²) >= 11 is 0. The van der Waals surface area contributed by atoms with Crippen molar-refractivity contribution in [2.24, 2.45) is 0 Å². The van der Waals surface area contributed by atoms with Crippen LogP contribution < -0.4 is 4.74 Å². The molecule has 140 valence electrons. The van der Waals surface area contributed by atoms with Gasteiger partial charge in [0.05, 0.1) is 5.41 Å². The van der Waals surface area contributed by atoms with Crippen LogP contribution in [-0.2, 0) is 22.0 Å². The topological polar surface area (TPSA) is 46.5 Å². The Labute approximate surface area is 160 Å². The number of carbonyl (C=O) groups is 1. The van der Waals surface area contributed by atoms with Crippen molar-refractivity contribution in [1.29, 1.82) is 0 Å². The summed E-state index contributed by atoms with van der Waals surface area (Å²) in [6.07, 6.45) is 6.42. The van der Waals surface area contributed by atoms with Crippen LogP contribution in [0.3, 0.4) is 0 Å². The maximum atomic E-state index is 10.8. The Balaban J connectivity index is 1.76. The summed E-state index contributed by atoms with van der Waals surface area (Å²) in [6.45, 7) is 7.50. The van der Waals surface area contributed by atoms with Gasteiger partial charge >= 0.3 is 5.97 Å². The Bertz CT molecular complexity index is 939. The van der Waals surface area contributed by atoms with E-state index in [-0.39, 0.29) is 10.8 Å². The molecule has 0 spiro atoms. The molecule has 27 heavy (non-hydrogen) atoms. The Morgan fingerprint density at radius 2 is 1.93 bits per heavy atom. The molecule has 2 aliphatic rings. The lowest BCUT2D eigenvalue weighted by Crippen LogP contribution is -2.28. The van der Waals surface area contributed by atoms with Gasteiger partial charge in [0.15, 0.2) is 0 Å². The highest BCUT2D eigenvalue weighted by atomic mass is 16.5. The van der Waals surface area contributed by atoms with E-state index in [0.717, 1.165) is 23.3 Å². The molecule has 4 rings (SSSR count). The Morgan fingerprint density at radius 3 is 2.70 bits per heavy atom. The predicted octanol–water partition coefficient (Wildman–Crippen LogP) is 5.10. The molecule has 1 aliphatic heterocycles. The summed E-state index contributed by atoms with van der Waals surface area (Å²) in [5.74, 6) is -0.0464. The Hall–Kier alpha value is -2.55.